The highest BCUT2D eigenvalue weighted by Gasteiger charge is 2.36. The third-order valence-electron chi connectivity index (χ3n) is 4.79. The maximum Gasteiger partial charge on any atom is 0.416 e. The van der Waals surface area contributed by atoms with Gasteiger partial charge in [-0.2, -0.15) is 17.5 Å². The minimum Gasteiger partial charge on any atom is -0.507 e. The number of carbonyl (C=O) groups is 1. The summed E-state index contributed by atoms with van der Waals surface area (Å²) < 4.78 is 65.6. The molecule has 0 unspecified atom stereocenters. The first kappa shape index (κ1) is 22.4. The number of phenolic OH excluding ortho intramolecular Hbond substituents is 1. The minimum atomic E-state index is -4.71. The van der Waals surface area contributed by atoms with Crippen molar-refractivity contribution in [1.82, 2.24) is 9.21 Å². The Balaban J connectivity index is 1.78. The van der Waals surface area contributed by atoms with Crippen LogP contribution in [0, 0.1) is 6.92 Å². The maximum absolute atomic E-state index is 13.0. The van der Waals surface area contributed by atoms with Crippen molar-refractivity contribution >= 4 is 27.5 Å². The molecule has 11 heteroatoms. The van der Waals surface area contributed by atoms with Crippen molar-refractivity contribution in [2.45, 2.75) is 18.0 Å². The summed E-state index contributed by atoms with van der Waals surface area (Å²) >= 11 is 5.87. The fraction of sp³-hybridized carbons (Fsp3) is 0.316. The second-order valence-corrected chi connectivity index (χ2v) is 9.17. The Hall–Kier alpha value is -2.30. The van der Waals surface area contributed by atoms with Gasteiger partial charge in [0.15, 0.2) is 0 Å². The normalized spacial score (nSPS) is 16.0. The molecule has 2 aromatic rings. The Morgan fingerprint density at radius 1 is 1.07 bits per heavy atom. The molecule has 1 fully saturated rings. The predicted octanol–water partition coefficient (Wildman–Crippen LogP) is 3.52. The highest BCUT2D eigenvalue weighted by Crippen LogP contribution is 2.34. The fourth-order valence-electron chi connectivity index (χ4n) is 3.14. The summed E-state index contributed by atoms with van der Waals surface area (Å²) in [5.74, 6) is -0.632. The van der Waals surface area contributed by atoms with Gasteiger partial charge in [0.2, 0.25) is 10.0 Å². The zero-order valence-electron chi connectivity index (χ0n) is 15.8. The number of aromatic hydroxyl groups is 1. The Kier molecular flexibility index (Phi) is 6.03. The lowest BCUT2D eigenvalue weighted by Crippen LogP contribution is -2.50. The van der Waals surface area contributed by atoms with Crippen LogP contribution >= 0.6 is 11.6 Å². The molecule has 0 saturated carbocycles. The molecule has 0 spiro atoms. The third-order valence-corrected chi connectivity index (χ3v) is 7.17. The lowest BCUT2D eigenvalue weighted by Gasteiger charge is -2.34. The van der Waals surface area contributed by atoms with Gasteiger partial charge in [0.1, 0.15) is 10.6 Å². The van der Waals surface area contributed by atoms with Crippen LogP contribution in [-0.4, -0.2) is 54.8 Å². The molecule has 0 bridgehead atoms. The molecule has 1 heterocycles. The predicted molar refractivity (Wildman–Crippen MR) is 104 cm³/mol. The number of nitrogens with zero attached hydrogens (tertiary/aromatic N) is 2. The van der Waals surface area contributed by atoms with Gasteiger partial charge in [-0.25, -0.2) is 8.42 Å². The van der Waals surface area contributed by atoms with Crippen molar-refractivity contribution in [3.63, 3.8) is 0 Å². The molecule has 2 aromatic carbocycles. The molecule has 0 radical (unpaired) electrons. The molecule has 0 aliphatic carbocycles. The molecule has 30 heavy (non-hydrogen) atoms. The molecule has 162 valence electrons. The summed E-state index contributed by atoms with van der Waals surface area (Å²) in [6.45, 7) is 1.56. The zero-order valence-corrected chi connectivity index (χ0v) is 17.4. The van der Waals surface area contributed by atoms with Gasteiger partial charge in [0, 0.05) is 26.2 Å². The number of hydrogen-bond donors (Lipinski definition) is 1. The summed E-state index contributed by atoms with van der Waals surface area (Å²) in [5.41, 5.74) is -0.245. The van der Waals surface area contributed by atoms with Gasteiger partial charge in [0.05, 0.1) is 16.1 Å². The van der Waals surface area contributed by atoms with E-state index in [1.165, 1.54) is 17.0 Å². The number of rotatable bonds is 3. The van der Waals surface area contributed by atoms with E-state index in [1.54, 1.807) is 13.0 Å². The molecule has 1 aliphatic rings. The van der Waals surface area contributed by atoms with Crippen LogP contribution in [0.3, 0.4) is 0 Å². The first-order valence-electron chi connectivity index (χ1n) is 8.87. The summed E-state index contributed by atoms with van der Waals surface area (Å²) in [6.07, 6.45) is -4.71. The average molecular weight is 463 g/mol. The van der Waals surface area contributed by atoms with Crippen molar-refractivity contribution in [2.75, 3.05) is 26.2 Å². The van der Waals surface area contributed by atoms with Crippen LogP contribution in [-0.2, 0) is 16.2 Å². The largest absolute Gasteiger partial charge is 0.507 e. The molecule has 1 N–H and O–H groups in total. The van der Waals surface area contributed by atoms with E-state index < -0.39 is 32.6 Å². The monoisotopic (exact) mass is 462 g/mol. The molecule has 3 rings (SSSR count). The molecular weight excluding hydrogens is 445 g/mol. The number of halogens is 4. The van der Waals surface area contributed by atoms with Crippen LogP contribution in [0.25, 0.3) is 0 Å². The van der Waals surface area contributed by atoms with Crippen molar-refractivity contribution in [3.8, 4) is 5.75 Å². The third kappa shape index (κ3) is 4.40. The molecule has 1 aliphatic heterocycles. The molecule has 6 nitrogen and oxygen atoms in total. The second-order valence-electron chi connectivity index (χ2n) is 6.86. The number of aryl methyl sites for hydroxylation is 1. The average Bonchev–Trinajstić information content (AvgIpc) is 2.67. The van der Waals surface area contributed by atoms with Gasteiger partial charge < -0.3 is 10.0 Å². The number of phenols is 1. The van der Waals surface area contributed by atoms with Gasteiger partial charge in [-0.3, -0.25) is 4.79 Å². The summed E-state index contributed by atoms with van der Waals surface area (Å²) in [5, 5.41) is 9.67. The maximum atomic E-state index is 13.0. The number of amides is 1. The number of sulfonamides is 1. The number of carbonyl (C=O) groups excluding carboxylic acids is 1. The van der Waals surface area contributed by atoms with Crippen LogP contribution in [0.2, 0.25) is 5.02 Å². The van der Waals surface area contributed by atoms with Crippen molar-refractivity contribution in [3.05, 3.63) is 58.1 Å². The van der Waals surface area contributed by atoms with Gasteiger partial charge in [-0.1, -0.05) is 17.7 Å². The molecular formula is C19H18ClF3N2O4S. The van der Waals surface area contributed by atoms with E-state index in [0.717, 1.165) is 15.9 Å². The van der Waals surface area contributed by atoms with E-state index in [2.05, 4.69) is 0 Å². The quantitative estimate of drug-likeness (QED) is 0.757. The van der Waals surface area contributed by atoms with E-state index in [4.69, 9.17) is 11.6 Å². The Morgan fingerprint density at radius 2 is 1.70 bits per heavy atom. The molecule has 1 saturated heterocycles. The molecule has 1 amide bonds. The van der Waals surface area contributed by atoms with E-state index in [9.17, 15) is 31.5 Å². The Bertz CT molecular complexity index is 1080. The number of benzene rings is 2. The van der Waals surface area contributed by atoms with Crippen molar-refractivity contribution in [2.24, 2.45) is 0 Å². The van der Waals surface area contributed by atoms with Crippen LogP contribution < -0.4 is 0 Å². The number of piperazine rings is 1. The smallest absolute Gasteiger partial charge is 0.416 e. The lowest BCUT2D eigenvalue weighted by molar-refractivity contribution is -0.137. The Morgan fingerprint density at radius 3 is 2.27 bits per heavy atom. The fourth-order valence-corrected chi connectivity index (χ4v) is 5.06. The topological polar surface area (TPSA) is 77.9 Å². The Labute approximate surface area is 176 Å². The highest BCUT2D eigenvalue weighted by molar-refractivity contribution is 7.89. The summed E-state index contributed by atoms with van der Waals surface area (Å²) in [6, 6.07) is 6.73. The first-order valence-corrected chi connectivity index (χ1v) is 10.7. The van der Waals surface area contributed by atoms with E-state index in [0.29, 0.717) is 12.1 Å². The molecule has 0 aromatic heterocycles. The van der Waals surface area contributed by atoms with Gasteiger partial charge in [-0.15, -0.1) is 0 Å². The first-order chi connectivity index (χ1) is 13.9. The summed E-state index contributed by atoms with van der Waals surface area (Å²) in [7, 11) is -4.29. The highest BCUT2D eigenvalue weighted by atomic mass is 35.5. The molecule has 0 atom stereocenters. The van der Waals surface area contributed by atoms with Crippen molar-refractivity contribution < 1.29 is 31.5 Å². The van der Waals surface area contributed by atoms with Gasteiger partial charge >= 0.3 is 6.18 Å². The van der Waals surface area contributed by atoms with Crippen molar-refractivity contribution in [1.29, 1.82) is 0 Å². The van der Waals surface area contributed by atoms with Crippen LogP contribution in [0.1, 0.15) is 21.5 Å². The lowest BCUT2D eigenvalue weighted by atomic mass is 10.1. The number of alkyl halides is 3. The van der Waals surface area contributed by atoms with E-state index >= 15 is 0 Å². The van der Waals surface area contributed by atoms with Crippen LogP contribution in [0.4, 0.5) is 13.2 Å². The standard InChI is InChI=1S/C19H18ClF3N2O4S/c1-12-2-4-14(16(26)10-12)18(27)24-6-8-25(9-7-24)30(28,29)17-11-13(19(21,22)23)3-5-15(17)20/h2-5,10-11,26H,6-9H2,1H3. The minimum absolute atomic E-state index is 0.0158. The van der Waals surface area contributed by atoms with Crippen LogP contribution in [0.15, 0.2) is 41.3 Å². The van der Waals surface area contributed by atoms with Gasteiger partial charge in [-0.05, 0) is 42.8 Å². The SMILES string of the molecule is Cc1ccc(C(=O)N2CCN(S(=O)(=O)c3cc(C(F)(F)F)ccc3Cl)CC2)c(O)c1. The van der Waals surface area contributed by atoms with E-state index in [1.807, 2.05) is 0 Å². The zero-order chi connectivity index (χ0) is 22.3. The van der Waals surface area contributed by atoms with Crippen LogP contribution in [0.5, 0.6) is 5.75 Å². The summed E-state index contributed by atoms with van der Waals surface area (Å²) in [4.78, 5) is 13.4. The number of hydrogen-bond acceptors (Lipinski definition) is 4. The second kappa shape index (κ2) is 8.09. The van der Waals surface area contributed by atoms with E-state index in [-0.39, 0.29) is 42.5 Å². The van der Waals surface area contributed by atoms with Gasteiger partial charge in [0.25, 0.3) is 5.91 Å².